The van der Waals surface area contributed by atoms with Gasteiger partial charge in [0.25, 0.3) is 0 Å². The predicted octanol–water partition coefficient (Wildman–Crippen LogP) is 5.74. The number of anilines is 4. The van der Waals surface area contributed by atoms with Crippen LogP contribution in [-0.2, 0) is 28.0 Å². The Labute approximate surface area is 301 Å². The van der Waals surface area contributed by atoms with Gasteiger partial charge in [-0.05, 0) is 49.4 Å². The number of ether oxygens (including phenoxy) is 1. The van der Waals surface area contributed by atoms with Crippen molar-refractivity contribution in [3.63, 3.8) is 0 Å². The number of halogens is 1. The fraction of sp³-hybridized carbons (Fsp3) is 0.256. The molecule has 5 aromatic rings. The van der Waals surface area contributed by atoms with E-state index in [1.807, 2.05) is 67.5 Å². The molecular formula is C39H41FN8O4. The standard InChI is InChI=1S/C39H41FN8O4/c1-6-36(49)42-31-20-32(44-39-41-16-15-30(43-39)28-23-48(4)33-10-8-7-9-26(28)33)35(52-5)21-34(31)47(3)18-17-46(2)22-24-11-12-25(29(40)19-24)27-13-14-37(50)45-38(27)51/h6-12,15-16,19-21,23,27H,1,13-14,17-18,22H2,2-5H3,(H,42,49)(H,41,43,44)(H,45,50,51). The topological polar surface area (TPSA) is 134 Å². The van der Waals surface area contributed by atoms with Crippen LogP contribution in [0.25, 0.3) is 22.2 Å². The summed E-state index contributed by atoms with van der Waals surface area (Å²) in [4.78, 5) is 49.6. The van der Waals surface area contributed by atoms with Crippen LogP contribution in [0.2, 0.25) is 0 Å². The summed E-state index contributed by atoms with van der Waals surface area (Å²) in [5.74, 6) is -1.45. The molecule has 3 amide bonds. The van der Waals surface area contributed by atoms with Crippen LogP contribution in [0, 0.1) is 5.82 Å². The monoisotopic (exact) mass is 704 g/mol. The number of imide groups is 1. The highest BCUT2D eigenvalue weighted by Crippen LogP contribution is 2.38. The van der Waals surface area contributed by atoms with Gasteiger partial charge in [0.1, 0.15) is 11.6 Å². The molecule has 1 aliphatic heterocycles. The van der Waals surface area contributed by atoms with Gasteiger partial charge in [0.2, 0.25) is 23.7 Å². The van der Waals surface area contributed by atoms with Crippen molar-refractivity contribution < 1.29 is 23.5 Å². The Balaban J connectivity index is 1.17. The first kappa shape index (κ1) is 35.7. The van der Waals surface area contributed by atoms with Crippen LogP contribution >= 0.6 is 0 Å². The summed E-state index contributed by atoms with van der Waals surface area (Å²) in [6.45, 7) is 5.22. The maximum atomic E-state index is 15.1. The van der Waals surface area contributed by atoms with E-state index in [4.69, 9.17) is 9.72 Å². The molecule has 1 saturated heterocycles. The number of rotatable bonds is 13. The first-order valence-corrected chi connectivity index (χ1v) is 16.9. The van der Waals surface area contributed by atoms with E-state index in [0.717, 1.165) is 27.7 Å². The Morgan fingerprint density at radius 2 is 1.92 bits per heavy atom. The number of para-hydroxylation sites is 1. The van der Waals surface area contributed by atoms with Gasteiger partial charge in [-0.25, -0.2) is 14.4 Å². The third kappa shape index (κ3) is 7.79. The number of amides is 3. The van der Waals surface area contributed by atoms with E-state index in [0.29, 0.717) is 54.0 Å². The van der Waals surface area contributed by atoms with Crippen LogP contribution in [0.1, 0.15) is 29.9 Å². The molecule has 268 valence electrons. The number of carbonyl (C=O) groups is 3. The number of methoxy groups -OCH3 is 1. The number of aryl methyl sites for hydroxylation is 1. The van der Waals surface area contributed by atoms with E-state index >= 15 is 4.39 Å². The molecule has 3 N–H and O–H groups in total. The van der Waals surface area contributed by atoms with Crippen molar-refractivity contribution in [2.45, 2.75) is 25.3 Å². The van der Waals surface area contributed by atoms with Gasteiger partial charge in [0.05, 0.1) is 35.8 Å². The zero-order valence-corrected chi connectivity index (χ0v) is 29.6. The Kier molecular flexibility index (Phi) is 10.6. The van der Waals surface area contributed by atoms with Crippen LogP contribution in [0.5, 0.6) is 5.75 Å². The van der Waals surface area contributed by atoms with Gasteiger partial charge < -0.3 is 29.7 Å². The van der Waals surface area contributed by atoms with Crippen LogP contribution in [-0.4, -0.2) is 71.5 Å². The first-order chi connectivity index (χ1) is 25.0. The summed E-state index contributed by atoms with van der Waals surface area (Å²) in [7, 11) is 7.40. The third-order valence-electron chi connectivity index (χ3n) is 9.20. The van der Waals surface area contributed by atoms with Crippen molar-refractivity contribution >= 4 is 51.6 Å². The number of fused-ring (bicyclic) bond motifs is 1. The second-order valence-corrected chi connectivity index (χ2v) is 12.8. The fourth-order valence-electron chi connectivity index (χ4n) is 6.44. The Morgan fingerprint density at radius 1 is 1.12 bits per heavy atom. The lowest BCUT2D eigenvalue weighted by molar-refractivity contribution is -0.134. The summed E-state index contributed by atoms with van der Waals surface area (Å²) in [6, 6.07) is 18.5. The Bertz CT molecular complexity index is 2170. The summed E-state index contributed by atoms with van der Waals surface area (Å²) >= 11 is 0. The van der Waals surface area contributed by atoms with Crippen LogP contribution in [0.15, 0.2) is 85.7 Å². The molecule has 0 saturated carbocycles. The molecule has 2 aromatic heterocycles. The molecule has 1 fully saturated rings. The highest BCUT2D eigenvalue weighted by atomic mass is 19.1. The summed E-state index contributed by atoms with van der Waals surface area (Å²) in [5, 5.41) is 9.55. The minimum absolute atomic E-state index is 0.187. The summed E-state index contributed by atoms with van der Waals surface area (Å²) < 4.78 is 23.0. The summed E-state index contributed by atoms with van der Waals surface area (Å²) in [6.07, 6.45) is 5.42. The SMILES string of the molecule is C=CC(=O)Nc1cc(Nc2nccc(-c3cn(C)c4ccccc34)n2)c(OC)cc1N(C)CCN(C)Cc1ccc(C2CCC(=O)NC2=O)c(F)c1. The lowest BCUT2D eigenvalue weighted by Gasteiger charge is -2.27. The number of benzene rings is 3. The van der Waals surface area contributed by atoms with Crippen LogP contribution in [0.4, 0.5) is 27.4 Å². The molecule has 3 aromatic carbocycles. The molecule has 0 bridgehead atoms. The molecule has 1 atom stereocenters. The van der Waals surface area contributed by atoms with Gasteiger partial charge >= 0.3 is 0 Å². The lowest BCUT2D eigenvalue weighted by Crippen LogP contribution is -2.39. The molecule has 0 aliphatic carbocycles. The highest BCUT2D eigenvalue weighted by Gasteiger charge is 2.30. The molecule has 13 heteroatoms. The maximum absolute atomic E-state index is 15.1. The van der Waals surface area contributed by atoms with Gasteiger partial charge in [-0.15, -0.1) is 0 Å². The Morgan fingerprint density at radius 3 is 2.67 bits per heavy atom. The molecule has 0 radical (unpaired) electrons. The molecule has 12 nitrogen and oxygen atoms in total. The van der Waals surface area contributed by atoms with Gasteiger partial charge in [-0.1, -0.05) is 36.9 Å². The average Bonchev–Trinajstić information content (AvgIpc) is 3.47. The molecule has 0 spiro atoms. The molecule has 1 aliphatic rings. The fourth-order valence-corrected chi connectivity index (χ4v) is 6.44. The minimum atomic E-state index is -0.680. The maximum Gasteiger partial charge on any atom is 0.247 e. The number of carbonyl (C=O) groups excluding carboxylic acids is 3. The zero-order chi connectivity index (χ0) is 36.9. The zero-order valence-electron chi connectivity index (χ0n) is 29.6. The molecule has 6 rings (SSSR count). The number of hydrogen-bond donors (Lipinski definition) is 3. The number of hydrogen-bond acceptors (Lipinski definition) is 9. The molecule has 3 heterocycles. The van der Waals surface area contributed by atoms with E-state index < -0.39 is 17.6 Å². The van der Waals surface area contributed by atoms with Crippen molar-refractivity contribution in [2.75, 3.05) is 49.8 Å². The normalized spacial score (nSPS) is 14.3. The van der Waals surface area contributed by atoms with Gasteiger partial charge in [-0.2, -0.15) is 0 Å². The van der Waals surface area contributed by atoms with Crippen molar-refractivity contribution in [3.05, 3.63) is 103 Å². The number of likely N-dealkylation sites (N-methyl/N-ethyl adjacent to an activating group) is 2. The first-order valence-electron chi connectivity index (χ1n) is 16.9. The van der Waals surface area contributed by atoms with Crippen LogP contribution < -0.4 is 25.6 Å². The average molecular weight is 705 g/mol. The quantitative estimate of drug-likeness (QED) is 0.104. The number of nitrogens with one attached hydrogen (secondary N) is 3. The number of nitrogens with zero attached hydrogens (tertiary/aromatic N) is 5. The highest BCUT2D eigenvalue weighted by molar-refractivity contribution is 6.02. The van der Waals surface area contributed by atoms with Crippen molar-refractivity contribution in [1.29, 1.82) is 0 Å². The third-order valence-corrected chi connectivity index (χ3v) is 9.20. The van der Waals surface area contributed by atoms with E-state index in [-0.39, 0.29) is 24.7 Å². The van der Waals surface area contributed by atoms with Crippen molar-refractivity contribution in [1.82, 2.24) is 24.8 Å². The minimum Gasteiger partial charge on any atom is -0.494 e. The largest absolute Gasteiger partial charge is 0.494 e. The number of aromatic nitrogens is 3. The second kappa shape index (κ2) is 15.4. The van der Waals surface area contributed by atoms with Crippen LogP contribution in [0.3, 0.4) is 0 Å². The lowest BCUT2D eigenvalue weighted by atomic mass is 9.89. The van der Waals surface area contributed by atoms with E-state index in [2.05, 4.69) is 44.2 Å². The van der Waals surface area contributed by atoms with Crippen molar-refractivity contribution in [3.8, 4) is 17.0 Å². The Hall–Kier alpha value is -6.08. The van der Waals surface area contributed by atoms with Gasteiger partial charge in [-0.3, -0.25) is 19.7 Å². The van der Waals surface area contributed by atoms with Gasteiger partial charge in [0, 0.05) is 80.6 Å². The second-order valence-electron chi connectivity index (χ2n) is 12.8. The van der Waals surface area contributed by atoms with Crippen molar-refractivity contribution in [2.24, 2.45) is 7.05 Å². The molecule has 52 heavy (non-hydrogen) atoms. The predicted molar refractivity (Wildman–Crippen MR) is 200 cm³/mol. The van der Waals surface area contributed by atoms with E-state index in [9.17, 15) is 14.4 Å². The van der Waals surface area contributed by atoms with E-state index in [1.54, 1.807) is 25.4 Å². The summed E-state index contributed by atoms with van der Waals surface area (Å²) in [5.41, 5.74) is 5.64. The smallest absolute Gasteiger partial charge is 0.247 e. The molecule has 1 unspecified atom stereocenters. The molecular weight excluding hydrogens is 663 g/mol. The van der Waals surface area contributed by atoms with Gasteiger partial charge in [0.15, 0.2) is 0 Å². The van der Waals surface area contributed by atoms with E-state index in [1.165, 1.54) is 12.1 Å². The number of piperidine rings is 1.